The van der Waals surface area contributed by atoms with Crippen molar-refractivity contribution in [1.82, 2.24) is 5.32 Å². The van der Waals surface area contributed by atoms with Gasteiger partial charge in [0.05, 0.1) is 6.54 Å². The number of nitrogens with one attached hydrogen (secondary N) is 1. The first-order valence-corrected chi connectivity index (χ1v) is 8.78. The van der Waals surface area contributed by atoms with Gasteiger partial charge in [0.2, 0.25) is 5.91 Å². The highest BCUT2D eigenvalue weighted by Crippen LogP contribution is 2.30. The third kappa shape index (κ3) is 3.35. The number of hydrogen-bond donors (Lipinski definition) is 1. The molecule has 2 aromatic rings. The van der Waals surface area contributed by atoms with Gasteiger partial charge >= 0.3 is 0 Å². The maximum atomic E-state index is 12.5. The number of hydrogen-bond acceptors (Lipinski definition) is 4. The van der Waals surface area contributed by atoms with Crippen LogP contribution in [0.25, 0.3) is 0 Å². The minimum atomic E-state index is -0.239. The highest BCUT2D eigenvalue weighted by atomic mass is 16.6. The molecule has 2 amide bonds. The second-order valence-electron chi connectivity index (χ2n) is 6.41. The van der Waals surface area contributed by atoms with Crippen LogP contribution in [0, 0.1) is 0 Å². The first kappa shape index (κ1) is 16.4. The third-order valence-electron chi connectivity index (χ3n) is 4.55. The van der Waals surface area contributed by atoms with Gasteiger partial charge in [0.15, 0.2) is 11.5 Å². The van der Waals surface area contributed by atoms with Gasteiger partial charge in [-0.15, -0.1) is 0 Å². The van der Waals surface area contributed by atoms with Gasteiger partial charge in [-0.2, -0.15) is 0 Å². The van der Waals surface area contributed by atoms with Gasteiger partial charge in [0.1, 0.15) is 12.7 Å². The molecule has 6 heteroatoms. The highest BCUT2D eigenvalue weighted by molar-refractivity contribution is 5.99. The molecular formula is C20H20N2O4. The van der Waals surface area contributed by atoms with E-state index in [1.165, 1.54) is 0 Å². The molecule has 0 aliphatic carbocycles. The third-order valence-corrected chi connectivity index (χ3v) is 4.55. The van der Waals surface area contributed by atoms with Crippen LogP contribution >= 0.6 is 0 Å². The predicted octanol–water partition coefficient (Wildman–Crippen LogP) is 2.38. The zero-order valence-corrected chi connectivity index (χ0v) is 14.3. The number of carbonyl (C=O) groups excluding carboxylic acids is 2. The molecule has 0 aromatic heterocycles. The van der Waals surface area contributed by atoms with Crippen molar-refractivity contribution in [3.8, 4) is 11.5 Å². The Balaban J connectivity index is 1.38. The Kier molecular flexibility index (Phi) is 4.48. The largest absolute Gasteiger partial charge is 0.486 e. The molecule has 1 saturated heterocycles. The van der Waals surface area contributed by atoms with Crippen molar-refractivity contribution in [2.45, 2.75) is 18.9 Å². The Hall–Kier alpha value is -3.02. The van der Waals surface area contributed by atoms with E-state index in [1.54, 1.807) is 23.1 Å². The van der Waals surface area contributed by atoms with E-state index in [-0.39, 0.29) is 17.9 Å². The number of fused-ring (bicyclic) bond motifs is 1. The lowest BCUT2D eigenvalue weighted by Gasteiger charge is -2.26. The lowest BCUT2D eigenvalue weighted by Crippen LogP contribution is -2.40. The molecule has 0 saturated carbocycles. The molecule has 2 aliphatic heterocycles. The standard InChI is InChI=1S/C20H20N2O4/c23-19-9-4-10-22(19)15-6-3-5-14(11-15)20(24)21-12-16-13-25-17-7-1-2-8-18(17)26-16/h1-3,5-8,11,16H,4,9-10,12-13H2,(H,21,24)/t16-/m0/s1. The van der Waals surface area contributed by atoms with E-state index in [0.29, 0.717) is 37.4 Å². The van der Waals surface area contributed by atoms with E-state index in [9.17, 15) is 9.59 Å². The smallest absolute Gasteiger partial charge is 0.251 e. The Morgan fingerprint density at radius 2 is 2.00 bits per heavy atom. The molecule has 2 aromatic carbocycles. The number of rotatable bonds is 4. The fraction of sp³-hybridized carbons (Fsp3) is 0.300. The molecule has 1 atom stereocenters. The Labute approximate surface area is 151 Å². The minimum absolute atomic E-state index is 0.106. The van der Waals surface area contributed by atoms with E-state index in [1.807, 2.05) is 30.3 Å². The number of para-hydroxylation sites is 2. The van der Waals surface area contributed by atoms with E-state index < -0.39 is 0 Å². The van der Waals surface area contributed by atoms with Crippen LogP contribution < -0.4 is 19.7 Å². The van der Waals surface area contributed by atoms with E-state index >= 15 is 0 Å². The summed E-state index contributed by atoms with van der Waals surface area (Å²) in [5.74, 6) is 1.32. The summed E-state index contributed by atoms with van der Waals surface area (Å²) in [5, 5.41) is 2.88. The average molecular weight is 352 g/mol. The van der Waals surface area contributed by atoms with Gasteiger partial charge in [-0.05, 0) is 36.8 Å². The maximum absolute atomic E-state index is 12.5. The second-order valence-corrected chi connectivity index (χ2v) is 6.41. The second kappa shape index (κ2) is 7.07. The quantitative estimate of drug-likeness (QED) is 0.917. The summed E-state index contributed by atoms with van der Waals surface area (Å²) in [7, 11) is 0. The molecule has 4 rings (SSSR count). The Morgan fingerprint density at radius 1 is 1.15 bits per heavy atom. The summed E-state index contributed by atoms with van der Waals surface area (Å²) in [6.07, 6.45) is 1.18. The molecule has 0 unspecified atom stereocenters. The predicted molar refractivity (Wildman–Crippen MR) is 96.7 cm³/mol. The first-order valence-electron chi connectivity index (χ1n) is 8.78. The molecule has 0 radical (unpaired) electrons. The van der Waals surface area contributed by atoms with Crippen molar-refractivity contribution in [1.29, 1.82) is 0 Å². The van der Waals surface area contributed by atoms with Gasteiger partial charge in [-0.25, -0.2) is 0 Å². The highest BCUT2D eigenvalue weighted by Gasteiger charge is 2.23. The van der Waals surface area contributed by atoms with Gasteiger partial charge < -0.3 is 19.7 Å². The van der Waals surface area contributed by atoms with Crippen molar-refractivity contribution in [3.05, 3.63) is 54.1 Å². The van der Waals surface area contributed by atoms with E-state index in [0.717, 1.165) is 17.9 Å². The van der Waals surface area contributed by atoms with Crippen LogP contribution in [-0.4, -0.2) is 37.6 Å². The molecule has 2 aliphatic rings. The topological polar surface area (TPSA) is 67.9 Å². The summed E-state index contributed by atoms with van der Waals surface area (Å²) in [4.78, 5) is 26.1. The maximum Gasteiger partial charge on any atom is 0.251 e. The molecule has 0 bridgehead atoms. The van der Waals surface area contributed by atoms with Gasteiger partial charge in [-0.1, -0.05) is 18.2 Å². The van der Waals surface area contributed by atoms with Gasteiger partial charge in [0.25, 0.3) is 5.91 Å². The fourth-order valence-corrected chi connectivity index (χ4v) is 3.21. The molecule has 1 fully saturated rings. The van der Waals surface area contributed by atoms with Crippen LogP contribution in [-0.2, 0) is 4.79 Å². The van der Waals surface area contributed by atoms with Crippen molar-refractivity contribution in [2.24, 2.45) is 0 Å². The molecule has 134 valence electrons. The Bertz CT molecular complexity index is 836. The van der Waals surface area contributed by atoms with Crippen molar-refractivity contribution < 1.29 is 19.1 Å². The number of amides is 2. The zero-order valence-electron chi connectivity index (χ0n) is 14.3. The van der Waals surface area contributed by atoms with Crippen LogP contribution in [0.15, 0.2) is 48.5 Å². The molecule has 1 N–H and O–H groups in total. The number of nitrogens with zero attached hydrogens (tertiary/aromatic N) is 1. The average Bonchev–Trinajstić information content (AvgIpc) is 3.12. The summed E-state index contributed by atoms with van der Waals surface area (Å²) < 4.78 is 11.5. The van der Waals surface area contributed by atoms with Crippen molar-refractivity contribution in [2.75, 3.05) is 24.6 Å². The van der Waals surface area contributed by atoms with Crippen molar-refractivity contribution in [3.63, 3.8) is 0 Å². The summed E-state index contributed by atoms with van der Waals surface area (Å²) in [6.45, 7) is 1.44. The van der Waals surface area contributed by atoms with Gasteiger partial charge in [0, 0.05) is 24.2 Å². The Morgan fingerprint density at radius 3 is 2.81 bits per heavy atom. The lowest BCUT2D eigenvalue weighted by molar-refractivity contribution is -0.117. The normalized spacial score (nSPS) is 18.7. The van der Waals surface area contributed by atoms with Crippen LogP contribution in [0.3, 0.4) is 0 Å². The molecule has 6 nitrogen and oxygen atoms in total. The fourth-order valence-electron chi connectivity index (χ4n) is 3.21. The van der Waals surface area contributed by atoms with Crippen LogP contribution in [0.4, 0.5) is 5.69 Å². The van der Waals surface area contributed by atoms with E-state index in [2.05, 4.69) is 5.32 Å². The molecular weight excluding hydrogens is 332 g/mol. The SMILES string of the molecule is O=C(NC[C@H]1COc2ccccc2O1)c1cccc(N2CCCC2=O)c1. The molecule has 26 heavy (non-hydrogen) atoms. The van der Waals surface area contributed by atoms with Crippen LogP contribution in [0.2, 0.25) is 0 Å². The van der Waals surface area contributed by atoms with Crippen LogP contribution in [0.1, 0.15) is 23.2 Å². The summed E-state index contributed by atoms with van der Waals surface area (Å²) in [5.41, 5.74) is 1.30. The molecule has 0 spiro atoms. The number of carbonyl (C=O) groups is 2. The van der Waals surface area contributed by atoms with Crippen molar-refractivity contribution >= 4 is 17.5 Å². The van der Waals surface area contributed by atoms with Crippen LogP contribution in [0.5, 0.6) is 11.5 Å². The van der Waals surface area contributed by atoms with E-state index in [4.69, 9.17) is 9.47 Å². The number of ether oxygens (including phenoxy) is 2. The summed E-state index contributed by atoms with van der Waals surface area (Å²) >= 11 is 0. The lowest BCUT2D eigenvalue weighted by atomic mass is 10.1. The minimum Gasteiger partial charge on any atom is -0.486 e. The monoisotopic (exact) mass is 352 g/mol. The molecule has 2 heterocycles. The first-order chi connectivity index (χ1) is 12.7. The summed E-state index contributed by atoms with van der Waals surface area (Å²) in [6, 6.07) is 14.6. The number of benzene rings is 2. The zero-order chi connectivity index (χ0) is 17.9. The van der Waals surface area contributed by atoms with Gasteiger partial charge in [-0.3, -0.25) is 9.59 Å². The number of anilines is 1.